The first kappa shape index (κ1) is 20.8. The largest absolute Gasteiger partial charge is 0.465 e. The Labute approximate surface area is 165 Å². The molecule has 2 bridgehead atoms. The maximum Gasteiger partial charge on any atom is 0.327 e. The summed E-state index contributed by atoms with van der Waals surface area (Å²) in [4.78, 5) is 24.1. The maximum atomic E-state index is 12.7. The Morgan fingerprint density at radius 2 is 2.07 bits per heavy atom. The third-order valence-electron chi connectivity index (χ3n) is 6.65. The molecule has 4 atom stereocenters. The van der Waals surface area contributed by atoms with Crippen molar-refractivity contribution in [3.05, 3.63) is 16.6 Å². The summed E-state index contributed by atoms with van der Waals surface area (Å²) in [5.41, 5.74) is -0.295. The van der Waals surface area contributed by atoms with Crippen LogP contribution in [0.3, 0.4) is 0 Å². The summed E-state index contributed by atoms with van der Waals surface area (Å²) < 4.78 is 30.3. The van der Waals surface area contributed by atoms with Crippen molar-refractivity contribution in [1.82, 2.24) is 9.78 Å². The molecule has 0 aliphatic heterocycles. The highest BCUT2D eigenvalue weighted by Gasteiger charge is 2.56. The smallest absolute Gasteiger partial charge is 0.327 e. The summed E-state index contributed by atoms with van der Waals surface area (Å²) >= 11 is 0. The van der Waals surface area contributed by atoms with Crippen molar-refractivity contribution in [2.45, 2.75) is 58.0 Å². The van der Waals surface area contributed by atoms with E-state index in [1.54, 1.807) is 6.92 Å². The van der Waals surface area contributed by atoms with Crippen molar-refractivity contribution < 1.29 is 17.9 Å². The standard InChI is InChI=1S/C19H29N3O5S/c1-6-27-16(23)10-22-18(24)17(28(5,25)26)15(9-20-22)21-14-8-12-7-13(11(14)2)19(12,3)4/h9,11-14,21H,6-8,10H2,1-5H3/t11-,12-,13+,14-/m1/s1. The number of anilines is 1. The van der Waals surface area contributed by atoms with E-state index in [9.17, 15) is 18.0 Å². The Balaban J connectivity index is 1.91. The Bertz CT molecular complexity index is 937. The van der Waals surface area contributed by atoms with Crippen LogP contribution in [0, 0.1) is 23.2 Å². The van der Waals surface area contributed by atoms with E-state index in [0.717, 1.165) is 17.4 Å². The van der Waals surface area contributed by atoms with Gasteiger partial charge in [0.05, 0.1) is 18.5 Å². The van der Waals surface area contributed by atoms with Gasteiger partial charge in [-0.3, -0.25) is 9.59 Å². The van der Waals surface area contributed by atoms with Gasteiger partial charge in [-0.25, -0.2) is 13.1 Å². The number of carbonyl (C=O) groups is 1. The van der Waals surface area contributed by atoms with Crippen molar-refractivity contribution in [2.24, 2.45) is 23.2 Å². The number of nitrogens with one attached hydrogen (secondary N) is 1. The van der Waals surface area contributed by atoms with Crippen LogP contribution in [0.1, 0.15) is 40.5 Å². The highest BCUT2D eigenvalue weighted by atomic mass is 32.2. The number of carbonyl (C=O) groups excluding carboxylic acids is 1. The molecule has 1 aromatic heterocycles. The second-order valence-electron chi connectivity index (χ2n) is 8.63. The van der Waals surface area contributed by atoms with Gasteiger partial charge in [-0.1, -0.05) is 20.8 Å². The molecule has 28 heavy (non-hydrogen) atoms. The van der Waals surface area contributed by atoms with Crippen molar-refractivity contribution in [2.75, 3.05) is 18.2 Å². The first-order chi connectivity index (χ1) is 13.0. The van der Waals surface area contributed by atoms with Gasteiger partial charge in [0.25, 0.3) is 5.56 Å². The summed E-state index contributed by atoms with van der Waals surface area (Å²) in [6, 6.07) is 0.0828. The topological polar surface area (TPSA) is 107 Å². The SMILES string of the molecule is CCOC(=O)Cn1ncc(N[C@@H]2C[C@H]3C[C@@H]([C@H]2C)C3(C)C)c(S(C)(=O)=O)c1=O. The molecule has 1 aromatic rings. The molecule has 1 N–H and O–H groups in total. The molecule has 3 aliphatic carbocycles. The van der Waals surface area contributed by atoms with Crippen LogP contribution in [0.5, 0.6) is 0 Å². The van der Waals surface area contributed by atoms with E-state index >= 15 is 0 Å². The minimum atomic E-state index is -3.82. The number of ether oxygens (including phenoxy) is 1. The fourth-order valence-electron chi connectivity index (χ4n) is 4.91. The van der Waals surface area contributed by atoms with E-state index in [2.05, 4.69) is 31.2 Å². The van der Waals surface area contributed by atoms with Crippen LogP contribution in [-0.4, -0.2) is 43.1 Å². The molecule has 0 aromatic carbocycles. The average molecular weight is 412 g/mol. The molecule has 156 valence electrons. The van der Waals surface area contributed by atoms with Crippen LogP contribution in [0.2, 0.25) is 0 Å². The quantitative estimate of drug-likeness (QED) is 0.710. The molecular formula is C19H29N3O5S. The molecule has 0 spiro atoms. The van der Waals surface area contributed by atoms with Crippen LogP contribution in [0.25, 0.3) is 0 Å². The third-order valence-corrected chi connectivity index (χ3v) is 7.79. The van der Waals surface area contributed by atoms with Gasteiger partial charge in [0.2, 0.25) is 0 Å². The molecule has 1 heterocycles. The number of hydrogen-bond acceptors (Lipinski definition) is 7. The number of fused-ring (bicyclic) bond motifs is 2. The number of aromatic nitrogens is 2. The molecule has 8 nitrogen and oxygen atoms in total. The van der Waals surface area contributed by atoms with Crippen LogP contribution in [0.15, 0.2) is 15.9 Å². The predicted octanol–water partition coefficient (Wildman–Crippen LogP) is 1.69. The molecule has 0 saturated heterocycles. The molecular weight excluding hydrogens is 382 g/mol. The lowest BCUT2D eigenvalue weighted by molar-refractivity contribution is -0.144. The monoisotopic (exact) mass is 411 g/mol. The van der Waals surface area contributed by atoms with Gasteiger partial charge in [-0.15, -0.1) is 0 Å². The second kappa shape index (κ2) is 7.17. The van der Waals surface area contributed by atoms with Gasteiger partial charge in [0, 0.05) is 12.3 Å². The zero-order valence-electron chi connectivity index (χ0n) is 17.1. The Kier molecular flexibility index (Phi) is 5.33. The molecule has 0 radical (unpaired) electrons. The number of sulfone groups is 1. The van der Waals surface area contributed by atoms with Crippen molar-refractivity contribution in [3.63, 3.8) is 0 Å². The molecule has 0 unspecified atom stereocenters. The minimum Gasteiger partial charge on any atom is -0.465 e. The highest BCUT2D eigenvalue weighted by Crippen LogP contribution is 2.61. The molecule has 0 amide bonds. The van der Waals surface area contributed by atoms with E-state index in [1.807, 2.05) is 0 Å². The van der Waals surface area contributed by atoms with E-state index in [1.165, 1.54) is 12.6 Å². The molecule has 3 fully saturated rings. The summed E-state index contributed by atoms with van der Waals surface area (Å²) in [7, 11) is -3.82. The van der Waals surface area contributed by atoms with Gasteiger partial charge in [-0.2, -0.15) is 5.10 Å². The Morgan fingerprint density at radius 1 is 1.39 bits per heavy atom. The first-order valence-corrected chi connectivity index (χ1v) is 11.6. The predicted molar refractivity (Wildman–Crippen MR) is 105 cm³/mol. The van der Waals surface area contributed by atoms with Crippen LogP contribution in [0.4, 0.5) is 5.69 Å². The number of hydrogen-bond donors (Lipinski definition) is 1. The number of esters is 1. The summed E-state index contributed by atoms with van der Waals surface area (Å²) in [5, 5.41) is 7.28. The maximum absolute atomic E-state index is 12.7. The number of rotatable bonds is 6. The van der Waals surface area contributed by atoms with Gasteiger partial charge in [-0.05, 0) is 42.9 Å². The number of nitrogens with zero attached hydrogens (tertiary/aromatic N) is 2. The fourth-order valence-corrected chi connectivity index (χ4v) is 5.85. The Morgan fingerprint density at radius 3 is 2.61 bits per heavy atom. The fraction of sp³-hybridized carbons (Fsp3) is 0.737. The van der Waals surface area contributed by atoms with Crippen molar-refractivity contribution in [3.8, 4) is 0 Å². The Hall–Kier alpha value is -1.90. The lowest BCUT2D eigenvalue weighted by Crippen LogP contribution is -2.58. The van der Waals surface area contributed by atoms with Gasteiger partial charge in [0.15, 0.2) is 14.7 Å². The van der Waals surface area contributed by atoms with E-state index in [0.29, 0.717) is 23.2 Å². The lowest BCUT2D eigenvalue weighted by Gasteiger charge is -2.62. The van der Waals surface area contributed by atoms with Crippen molar-refractivity contribution in [1.29, 1.82) is 0 Å². The summed E-state index contributed by atoms with van der Waals surface area (Å²) in [6.07, 6.45) is 4.45. The van der Waals surface area contributed by atoms with E-state index in [4.69, 9.17) is 4.74 Å². The molecule has 9 heteroatoms. The second-order valence-corrected chi connectivity index (χ2v) is 10.6. The van der Waals surface area contributed by atoms with Gasteiger partial charge in [0.1, 0.15) is 6.54 Å². The summed E-state index contributed by atoms with van der Waals surface area (Å²) in [5.74, 6) is 0.877. The summed E-state index contributed by atoms with van der Waals surface area (Å²) in [6.45, 7) is 8.16. The van der Waals surface area contributed by atoms with Crippen LogP contribution < -0.4 is 10.9 Å². The normalized spacial score (nSPS) is 28.3. The lowest BCUT2D eigenvalue weighted by atomic mass is 9.45. The highest BCUT2D eigenvalue weighted by molar-refractivity contribution is 7.90. The van der Waals surface area contributed by atoms with Gasteiger partial charge < -0.3 is 10.1 Å². The van der Waals surface area contributed by atoms with E-state index < -0.39 is 27.9 Å². The molecule has 4 rings (SSSR count). The minimum absolute atomic E-state index is 0.0828. The molecule has 3 saturated carbocycles. The zero-order chi connectivity index (χ0) is 20.9. The van der Waals surface area contributed by atoms with E-state index in [-0.39, 0.29) is 23.2 Å². The average Bonchev–Trinajstić information content (AvgIpc) is 2.57. The van der Waals surface area contributed by atoms with Crippen molar-refractivity contribution >= 4 is 21.5 Å². The first-order valence-electron chi connectivity index (χ1n) is 9.69. The van der Waals surface area contributed by atoms with Crippen LogP contribution in [-0.2, 0) is 25.9 Å². The van der Waals surface area contributed by atoms with Gasteiger partial charge >= 0.3 is 5.97 Å². The third kappa shape index (κ3) is 3.56. The van der Waals surface area contributed by atoms with Crippen LogP contribution >= 0.6 is 0 Å². The zero-order valence-corrected chi connectivity index (χ0v) is 17.9. The molecule has 3 aliphatic rings.